The van der Waals surface area contributed by atoms with Gasteiger partial charge in [-0.2, -0.15) is 0 Å². The summed E-state index contributed by atoms with van der Waals surface area (Å²) >= 11 is 5.88. The molecule has 2 aromatic rings. The fraction of sp³-hybridized carbons (Fsp3) is 0.308. The SMILES string of the molecule is CCCn1ccnc1C(NN)c1cc(I)ccc1Br. The molecule has 0 saturated carbocycles. The van der Waals surface area contributed by atoms with Gasteiger partial charge in [0.25, 0.3) is 0 Å². The highest BCUT2D eigenvalue weighted by Crippen LogP contribution is 2.29. The van der Waals surface area contributed by atoms with Crippen LogP contribution in [0.1, 0.15) is 30.8 Å². The number of nitrogens with one attached hydrogen (secondary N) is 1. The second-order valence-corrected chi connectivity index (χ2v) is 6.34. The molecule has 0 bridgehead atoms. The van der Waals surface area contributed by atoms with Crippen LogP contribution in [0.2, 0.25) is 0 Å². The molecule has 0 spiro atoms. The van der Waals surface area contributed by atoms with Crippen molar-refractivity contribution < 1.29 is 0 Å². The third kappa shape index (κ3) is 3.36. The molecule has 0 radical (unpaired) electrons. The molecule has 0 fully saturated rings. The van der Waals surface area contributed by atoms with Crippen molar-refractivity contribution in [2.45, 2.75) is 25.9 Å². The lowest BCUT2D eigenvalue weighted by Crippen LogP contribution is -2.31. The highest BCUT2D eigenvalue weighted by Gasteiger charge is 2.20. The van der Waals surface area contributed by atoms with Crippen molar-refractivity contribution in [3.8, 4) is 0 Å². The molecule has 6 heteroatoms. The monoisotopic (exact) mass is 434 g/mol. The molecular formula is C13H16BrIN4. The number of nitrogens with zero attached hydrogens (tertiary/aromatic N) is 2. The molecule has 3 N–H and O–H groups in total. The first-order chi connectivity index (χ1) is 9.17. The molecule has 19 heavy (non-hydrogen) atoms. The van der Waals surface area contributed by atoms with Crippen LogP contribution in [-0.2, 0) is 6.54 Å². The van der Waals surface area contributed by atoms with Crippen LogP contribution in [0.15, 0.2) is 35.1 Å². The number of halogens is 2. The number of aromatic nitrogens is 2. The van der Waals surface area contributed by atoms with Crippen molar-refractivity contribution in [2.75, 3.05) is 0 Å². The molecule has 0 aliphatic rings. The molecule has 1 atom stereocenters. The van der Waals surface area contributed by atoms with E-state index in [1.807, 2.05) is 18.5 Å². The first kappa shape index (κ1) is 15.0. The van der Waals surface area contributed by atoms with Gasteiger partial charge in [0, 0.05) is 27.0 Å². The summed E-state index contributed by atoms with van der Waals surface area (Å²) in [6.07, 6.45) is 4.87. The fourth-order valence-electron chi connectivity index (χ4n) is 2.05. The quantitative estimate of drug-likeness (QED) is 0.431. The van der Waals surface area contributed by atoms with Gasteiger partial charge in [-0.3, -0.25) is 5.84 Å². The van der Waals surface area contributed by atoms with Crippen molar-refractivity contribution in [2.24, 2.45) is 5.84 Å². The van der Waals surface area contributed by atoms with Gasteiger partial charge >= 0.3 is 0 Å². The van der Waals surface area contributed by atoms with Gasteiger partial charge in [0.05, 0.1) is 0 Å². The van der Waals surface area contributed by atoms with Crippen LogP contribution in [0.25, 0.3) is 0 Å². The molecule has 0 aliphatic carbocycles. The average molecular weight is 435 g/mol. The average Bonchev–Trinajstić information content (AvgIpc) is 2.83. The minimum Gasteiger partial charge on any atom is -0.333 e. The van der Waals surface area contributed by atoms with Crippen LogP contribution in [-0.4, -0.2) is 9.55 Å². The Balaban J connectivity index is 2.44. The number of nitrogens with two attached hydrogens (primary N) is 1. The van der Waals surface area contributed by atoms with Gasteiger partial charge < -0.3 is 4.57 Å². The molecule has 1 aromatic carbocycles. The van der Waals surface area contributed by atoms with Crippen LogP contribution < -0.4 is 11.3 Å². The predicted octanol–water partition coefficient (Wildman–Crippen LogP) is 3.21. The molecular weight excluding hydrogens is 419 g/mol. The lowest BCUT2D eigenvalue weighted by atomic mass is 10.1. The number of rotatable bonds is 5. The van der Waals surface area contributed by atoms with Crippen LogP contribution in [0.4, 0.5) is 0 Å². The molecule has 0 amide bonds. The topological polar surface area (TPSA) is 55.9 Å². The standard InChI is InChI=1S/C13H16BrIN4/c1-2-6-19-7-5-17-13(19)12(18-16)10-8-9(15)3-4-11(10)14/h3-5,7-8,12,18H,2,6,16H2,1H3. The largest absolute Gasteiger partial charge is 0.333 e. The summed E-state index contributed by atoms with van der Waals surface area (Å²) in [7, 11) is 0. The zero-order chi connectivity index (χ0) is 13.8. The van der Waals surface area contributed by atoms with E-state index in [-0.39, 0.29) is 6.04 Å². The second-order valence-electron chi connectivity index (χ2n) is 4.24. The minimum atomic E-state index is -0.120. The zero-order valence-corrected chi connectivity index (χ0v) is 14.3. The van der Waals surface area contributed by atoms with Crippen LogP contribution in [0.3, 0.4) is 0 Å². The number of hydrazine groups is 1. The number of hydrogen-bond donors (Lipinski definition) is 2. The zero-order valence-electron chi connectivity index (χ0n) is 10.6. The van der Waals surface area contributed by atoms with E-state index in [1.54, 1.807) is 0 Å². The second kappa shape index (κ2) is 6.83. The molecule has 1 unspecified atom stereocenters. The lowest BCUT2D eigenvalue weighted by molar-refractivity contribution is 0.544. The van der Waals surface area contributed by atoms with Gasteiger partial charge in [-0.15, -0.1) is 0 Å². The lowest BCUT2D eigenvalue weighted by Gasteiger charge is -2.19. The minimum absolute atomic E-state index is 0.120. The van der Waals surface area contributed by atoms with Gasteiger partial charge in [0.15, 0.2) is 0 Å². The van der Waals surface area contributed by atoms with Gasteiger partial charge in [-0.25, -0.2) is 10.4 Å². The van der Waals surface area contributed by atoms with E-state index in [1.165, 1.54) is 3.57 Å². The first-order valence-corrected chi connectivity index (χ1v) is 7.96. The van der Waals surface area contributed by atoms with Crippen molar-refractivity contribution in [3.05, 3.63) is 50.0 Å². The highest BCUT2D eigenvalue weighted by atomic mass is 127. The maximum absolute atomic E-state index is 5.75. The fourth-order valence-corrected chi connectivity index (χ4v) is 3.04. The molecule has 0 aliphatic heterocycles. The summed E-state index contributed by atoms with van der Waals surface area (Å²) in [5.41, 5.74) is 3.97. The Labute approximate surface area is 135 Å². The van der Waals surface area contributed by atoms with Crippen molar-refractivity contribution >= 4 is 38.5 Å². The van der Waals surface area contributed by atoms with E-state index >= 15 is 0 Å². The third-order valence-electron chi connectivity index (χ3n) is 2.91. The Morgan fingerprint density at radius 3 is 3.00 bits per heavy atom. The first-order valence-electron chi connectivity index (χ1n) is 6.09. The number of aryl methyl sites for hydroxylation is 1. The Morgan fingerprint density at radius 1 is 1.53 bits per heavy atom. The van der Waals surface area contributed by atoms with Gasteiger partial charge in [-0.05, 0) is 52.8 Å². The Hall–Kier alpha value is -0.440. The van der Waals surface area contributed by atoms with Gasteiger partial charge in [-0.1, -0.05) is 22.9 Å². The molecule has 2 rings (SSSR count). The molecule has 102 valence electrons. The van der Waals surface area contributed by atoms with E-state index in [4.69, 9.17) is 5.84 Å². The summed E-state index contributed by atoms with van der Waals surface area (Å²) < 4.78 is 4.34. The molecule has 0 saturated heterocycles. The summed E-state index contributed by atoms with van der Waals surface area (Å²) in [5.74, 6) is 6.69. The Morgan fingerprint density at radius 2 is 2.32 bits per heavy atom. The van der Waals surface area contributed by atoms with Crippen molar-refractivity contribution in [3.63, 3.8) is 0 Å². The molecule has 1 aromatic heterocycles. The van der Waals surface area contributed by atoms with E-state index in [0.29, 0.717) is 0 Å². The van der Waals surface area contributed by atoms with E-state index in [0.717, 1.165) is 28.8 Å². The smallest absolute Gasteiger partial charge is 0.131 e. The van der Waals surface area contributed by atoms with Crippen LogP contribution in [0, 0.1) is 3.57 Å². The van der Waals surface area contributed by atoms with E-state index < -0.39 is 0 Å². The highest BCUT2D eigenvalue weighted by molar-refractivity contribution is 14.1. The van der Waals surface area contributed by atoms with Crippen LogP contribution >= 0.6 is 38.5 Å². The normalized spacial score (nSPS) is 12.6. The molecule has 1 heterocycles. The van der Waals surface area contributed by atoms with Gasteiger partial charge in [0.1, 0.15) is 11.9 Å². The Bertz CT molecular complexity index is 555. The number of hydrogen-bond acceptors (Lipinski definition) is 3. The number of benzene rings is 1. The summed E-state index contributed by atoms with van der Waals surface area (Å²) in [4.78, 5) is 4.45. The predicted molar refractivity (Wildman–Crippen MR) is 88.5 cm³/mol. The summed E-state index contributed by atoms with van der Waals surface area (Å²) in [6.45, 7) is 3.09. The van der Waals surface area contributed by atoms with E-state index in [9.17, 15) is 0 Å². The maximum atomic E-state index is 5.75. The van der Waals surface area contributed by atoms with Crippen molar-refractivity contribution in [1.82, 2.24) is 15.0 Å². The van der Waals surface area contributed by atoms with E-state index in [2.05, 4.69) is 72.6 Å². The summed E-state index contributed by atoms with van der Waals surface area (Å²) in [6, 6.07) is 6.08. The van der Waals surface area contributed by atoms with Crippen LogP contribution in [0.5, 0.6) is 0 Å². The third-order valence-corrected chi connectivity index (χ3v) is 4.30. The number of imidazole rings is 1. The van der Waals surface area contributed by atoms with Crippen molar-refractivity contribution in [1.29, 1.82) is 0 Å². The Kier molecular flexibility index (Phi) is 5.37. The maximum Gasteiger partial charge on any atom is 0.131 e. The van der Waals surface area contributed by atoms with Gasteiger partial charge in [0.2, 0.25) is 0 Å². The summed E-state index contributed by atoms with van der Waals surface area (Å²) in [5, 5.41) is 0. The molecule has 4 nitrogen and oxygen atoms in total.